The largest absolute Gasteiger partial charge is 0.494 e. The summed E-state index contributed by atoms with van der Waals surface area (Å²) in [4.78, 5) is 26.3. The minimum absolute atomic E-state index is 0.205. The van der Waals surface area contributed by atoms with Crippen molar-refractivity contribution in [2.45, 2.75) is 84.0 Å². The van der Waals surface area contributed by atoms with Gasteiger partial charge in [-0.2, -0.15) is 0 Å². The fourth-order valence-corrected chi connectivity index (χ4v) is 4.05. The highest BCUT2D eigenvalue weighted by Crippen LogP contribution is 2.38. The van der Waals surface area contributed by atoms with Crippen LogP contribution in [-0.4, -0.2) is 53.9 Å². The first-order chi connectivity index (χ1) is 15.2. The van der Waals surface area contributed by atoms with E-state index in [2.05, 4.69) is 11.9 Å². The highest BCUT2D eigenvalue weighted by atomic mass is 16.7. The van der Waals surface area contributed by atoms with Crippen LogP contribution in [-0.2, 0) is 18.8 Å². The van der Waals surface area contributed by atoms with Crippen molar-refractivity contribution in [3.63, 3.8) is 0 Å². The van der Waals surface area contributed by atoms with Crippen LogP contribution >= 0.6 is 0 Å². The van der Waals surface area contributed by atoms with Crippen LogP contribution in [0.4, 0.5) is 10.5 Å². The van der Waals surface area contributed by atoms with Crippen molar-refractivity contribution >= 4 is 30.3 Å². The maximum Gasteiger partial charge on any atom is 0.494 e. The summed E-state index contributed by atoms with van der Waals surface area (Å²) in [6.45, 7) is 18.4. The first-order valence-corrected chi connectivity index (χ1v) is 11.6. The van der Waals surface area contributed by atoms with Crippen molar-refractivity contribution < 1.29 is 23.6 Å². The number of nitrogens with one attached hydrogen (secondary N) is 1. The molecular weight excluding hydrogens is 419 g/mol. The van der Waals surface area contributed by atoms with Gasteiger partial charge in [-0.3, -0.25) is 4.79 Å². The van der Waals surface area contributed by atoms with Crippen LogP contribution in [0.1, 0.15) is 72.8 Å². The number of ether oxygens (including phenoxy) is 1. The maximum atomic E-state index is 12.4. The molecule has 0 bridgehead atoms. The van der Waals surface area contributed by atoms with Crippen LogP contribution in [0, 0.1) is 0 Å². The highest BCUT2D eigenvalue weighted by Gasteiger charge is 2.51. The Bertz CT molecular complexity index is 898. The van der Waals surface area contributed by atoms with E-state index in [1.54, 1.807) is 4.90 Å². The molecular formula is C25H37BN2O5. The van der Waals surface area contributed by atoms with E-state index < -0.39 is 23.9 Å². The molecule has 8 heteroatoms. The average Bonchev–Trinajstić information content (AvgIpc) is 2.94. The van der Waals surface area contributed by atoms with Gasteiger partial charge in [-0.25, -0.2) is 4.79 Å². The molecule has 0 atom stereocenters. The molecule has 2 heterocycles. The minimum atomic E-state index is -0.516. The number of amides is 2. The molecule has 2 fully saturated rings. The second-order valence-electron chi connectivity index (χ2n) is 10.9. The number of anilines is 1. The molecule has 0 spiro atoms. The Morgan fingerprint density at radius 3 is 2.24 bits per heavy atom. The Labute approximate surface area is 198 Å². The molecule has 7 nitrogen and oxygen atoms in total. The first-order valence-electron chi connectivity index (χ1n) is 11.6. The van der Waals surface area contributed by atoms with E-state index in [-0.39, 0.29) is 17.9 Å². The van der Waals surface area contributed by atoms with Crippen LogP contribution < -0.4 is 10.8 Å². The molecule has 0 unspecified atom stereocenters. The fraction of sp³-hybridized carbons (Fsp3) is 0.600. The average molecular weight is 456 g/mol. The summed E-state index contributed by atoms with van der Waals surface area (Å²) in [5, 5.41) is 2.95. The number of rotatable bonds is 4. The second-order valence-corrected chi connectivity index (χ2v) is 10.9. The predicted molar refractivity (Wildman–Crippen MR) is 131 cm³/mol. The smallest absolute Gasteiger partial charge is 0.444 e. The molecule has 3 rings (SSSR count). The lowest BCUT2D eigenvalue weighted by atomic mass is 9.77. The Morgan fingerprint density at radius 2 is 1.73 bits per heavy atom. The lowest BCUT2D eigenvalue weighted by Crippen LogP contribution is -2.41. The third-order valence-electron chi connectivity index (χ3n) is 6.63. The van der Waals surface area contributed by atoms with Gasteiger partial charge in [0.15, 0.2) is 0 Å². The summed E-state index contributed by atoms with van der Waals surface area (Å²) in [7, 11) is -0.516. The number of likely N-dealkylation sites (tertiary alicyclic amines) is 1. The van der Waals surface area contributed by atoms with Crippen molar-refractivity contribution in [3.8, 4) is 0 Å². The zero-order valence-electron chi connectivity index (χ0n) is 21.0. The van der Waals surface area contributed by atoms with Crippen LogP contribution in [0.5, 0.6) is 0 Å². The van der Waals surface area contributed by atoms with E-state index in [0.717, 1.165) is 29.6 Å². The Kier molecular flexibility index (Phi) is 7.01. The van der Waals surface area contributed by atoms with Crippen LogP contribution in [0.25, 0.3) is 0 Å². The summed E-state index contributed by atoms with van der Waals surface area (Å²) in [6.07, 6.45) is 2.55. The van der Waals surface area contributed by atoms with Gasteiger partial charge in [-0.15, -0.1) is 0 Å². The third kappa shape index (κ3) is 5.79. The van der Waals surface area contributed by atoms with Gasteiger partial charge in [0.25, 0.3) is 0 Å². The number of hydrogen-bond donors (Lipinski definition) is 1. The number of piperidine rings is 1. The van der Waals surface area contributed by atoms with Crippen molar-refractivity contribution in [3.05, 3.63) is 36.4 Å². The lowest BCUT2D eigenvalue weighted by molar-refractivity contribution is -0.111. The molecule has 33 heavy (non-hydrogen) atoms. The zero-order valence-corrected chi connectivity index (χ0v) is 21.0. The molecule has 1 N–H and O–H groups in total. The van der Waals surface area contributed by atoms with Gasteiger partial charge in [-0.1, -0.05) is 18.7 Å². The topological polar surface area (TPSA) is 77.1 Å². The van der Waals surface area contributed by atoms with Gasteiger partial charge in [0.05, 0.1) is 11.2 Å². The number of carbonyl (C=O) groups excluding carboxylic acids is 2. The normalized spacial score (nSPS) is 20.5. The van der Waals surface area contributed by atoms with E-state index >= 15 is 0 Å². The van der Waals surface area contributed by atoms with Gasteiger partial charge in [0.2, 0.25) is 5.91 Å². The monoisotopic (exact) mass is 456 g/mol. The number of hydrogen-bond acceptors (Lipinski definition) is 5. The third-order valence-corrected chi connectivity index (χ3v) is 6.63. The Hall–Kier alpha value is -2.32. The van der Waals surface area contributed by atoms with Crippen molar-refractivity contribution in [1.82, 2.24) is 4.90 Å². The molecule has 0 aromatic heterocycles. The zero-order chi connectivity index (χ0) is 24.6. The van der Waals surface area contributed by atoms with E-state index in [0.29, 0.717) is 13.1 Å². The predicted octanol–water partition coefficient (Wildman–Crippen LogP) is 4.22. The molecule has 180 valence electrons. The Balaban J connectivity index is 1.79. The molecule has 2 aliphatic rings. The summed E-state index contributed by atoms with van der Waals surface area (Å²) in [5.41, 5.74) is 1.20. The number of benzene rings is 1. The molecule has 1 aromatic carbocycles. The van der Waals surface area contributed by atoms with Gasteiger partial charge in [-0.05, 0) is 90.4 Å². The van der Waals surface area contributed by atoms with Crippen molar-refractivity contribution in [1.29, 1.82) is 0 Å². The molecule has 0 aliphatic carbocycles. The number of carbonyl (C=O) groups is 2. The van der Waals surface area contributed by atoms with E-state index in [1.165, 1.54) is 6.08 Å². The van der Waals surface area contributed by atoms with Crippen LogP contribution in [0.3, 0.4) is 0 Å². The molecule has 0 radical (unpaired) electrons. The van der Waals surface area contributed by atoms with E-state index in [1.807, 2.05) is 66.7 Å². The maximum absolute atomic E-state index is 12.4. The van der Waals surface area contributed by atoms with Gasteiger partial charge in [0, 0.05) is 18.8 Å². The molecule has 2 saturated heterocycles. The summed E-state index contributed by atoms with van der Waals surface area (Å²) < 4.78 is 17.9. The minimum Gasteiger partial charge on any atom is -0.444 e. The first kappa shape index (κ1) is 25.3. The van der Waals surface area contributed by atoms with Crippen molar-refractivity contribution in [2.75, 3.05) is 18.4 Å². The molecule has 0 saturated carbocycles. The quantitative estimate of drug-likeness (QED) is 0.542. The number of nitrogens with zero attached hydrogens (tertiary/aromatic N) is 1. The summed E-state index contributed by atoms with van der Waals surface area (Å²) >= 11 is 0. The van der Waals surface area contributed by atoms with Gasteiger partial charge in [0.1, 0.15) is 5.60 Å². The molecule has 1 aromatic rings. The van der Waals surface area contributed by atoms with Crippen molar-refractivity contribution in [2.24, 2.45) is 0 Å². The Morgan fingerprint density at radius 1 is 1.15 bits per heavy atom. The fourth-order valence-electron chi connectivity index (χ4n) is 4.05. The van der Waals surface area contributed by atoms with Gasteiger partial charge < -0.3 is 24.3 Å². The van der Waals surface area contributed by atoms with E-state index in [4.69, 9.17) is 14.0 Å². The van der Waals surface area contributed by atoms with Crippen LogP contribution in [0.15, 0.2) is 30.9 Å². The summed E-state index contributed by atoms with van der Waals surface area (Å²) in [6, 6.07) is 5.97. The molecule has 2 aliphatic heterocycles. The SMILES string of the molecule is C=CC(=O)Nc1cc(B2OC(C)(C)C(C)(C)O2)ccc1C1CCN(C(=O)OC(C)(C)C)CC1. The van der Waals surface area contributed by atoms with E-state index in [9.17, 15) is 9.59 Å². The summed E-state index contributed by atoms with van der Waals surface area (Å²) in [5.74, 6) is -0.0651. The lowest BCUT2D eigenvalue weighted by Gasteiger charge is -2.34. The molecule has 2 amide bonds. The standard InChI is InChI=1S/C25H37BN2O5/c1-9-21(29)27-20-16-18(26-32-24(5,6)25(7,8)33-26)10-11-19(20)17-12-14-28(15-13-17)22(30)31-23(2,3)4/h9-11,16-17H,1,12-15H2,2-8H3,(H,27,29). The van der Waals surface area contributed by atoms with Crippen LogP contribution in [0.2, 0.25) is 0 Å². The van der Waals surface area contributed by atoms with Gasteiger partial charge >= 0.3 is 13.2 Å². The second kappa shape index (κ2) is 9.14. The highest BCUT2D eigenvalue weighted by molar-refractivity contribution is 6.62.